The predicted octanol–water partition coefficient (Wildman–Crippen LogP) is 1.41. The maximum atomic E-state index is 12.1. The fraction of sp³-hybridized carbons (Fsp3) is 0.250. The third kappa shape index (κ3) is 6.47. The average molecular weight is 370 g/mol. The average Bonchev–Trinajstić information content (AvgIpc) is 2.69. The quantitative estimate of drug-likeness (QED) is 0.610. The first-order valence-corrected chi connectivity index (χ1v) is 8.48. The Kier molecular flexibility index (Phi) is 7.37. The monoisotopic (exact) mass is 370 g/mol. The van der Waals surface area contributed by atoms with Crippen LogP contribution in [0.4, 0.5) is 0 Å². The van der Waals surface area contributed by atoms with Crippen LogP contribution in [-0.2, 0) is 20.7 Å². The van der Waals surface area contributed by atoms with Gasteiger partial charge in [-0.05, 0) is 29.8 Å². The highest BCUT2D eigenvalue weighted by Gasteiger charge is 2.22. The van der Waals surface area contributed by atoms with Gasteiger partial charge in [-0.3, -0.25) is 9.59 Å². The van der Waals surface area contributed by atoms with Gasteiger partial charge in [-0.15, -0.1) is 0 Å². The van der Waals surface area contributed by atoms with Crippen molar-refractivity contribution in [1.29, 1.82) is 0 Å². The molecule has 0 saturated carbocycles. The second kappa shape index (κ2) is 9.96. The van der Waals surface area contributed by atoms with Crippen molar-refractivity contribution in [1.82, 2.24) is 10.6 Å². The highest BCUT2D eigenvalue weighted by Crippen LogP contribution is 2.12. The van der Waals surface area contributed by atoms with Gasteiger partial charge in [-0.25, -0.2) is 4.79 Å². The molecule has 1 atom stereocenters. The number of carbonyl (C=O) groups is 3. The van der Waals surface area contributed by atoms with E-state index in [9.17, 15) is 19.5 Å². The van der Waals surface area contributed by atoms with Gasteiger partial charge in [0.2, 0.25) is 5.91 Å². The van der Waals surface area contributed by atoms with E-state index in [-0.39, 0.29) is 37.0 Å². The Hall–Kier alpha value is -3.35. The fourth-order valence-electron chi connectivity index (χ4n) is 2.45. The molecule has 0 heterocycles. The minimum atomic E-state index is -0.850. The number of rotatable bonds is 8. The van der Waals surface area contributed by atoms with Gasteiger partial charge in [0.15, 0.2) is 0 Å². The van der Waals surface area contributed by atoms with Crippen molar-refractivity contribution < 1.29 is 24.2 Å². The molecule has 3 N–H and O–H groups in total. The summed E-state index contributed by atoms with van der Waals surface area (Å²) in [6, 6.07) is 14.2. The van der Waals surface area contributed by atoms with Gasteiger partial charge in [-0.1, -0.05) is 30.3 Å². The Morgan fingerprint density at radius 3 is 2.33 bits per heavy atom. The maximum Gasteiger partial charge on any atom is 0.328 e. The highest BCUT2D eigenvalue weighted by atomic mass is 16.5. The van der Waals surface area contributed by atoms with Gasteiger partial charge in [0.1, 0.15) is 11.8 Å². The van der Waals surface area contributed by atoms with E-state index in [1.54, 1.807) is 36.4 Å². The summed E-state index contributed by atoms with van der Waals surface area (Å²) in [6.07, 6.45) is 0.261. The number of carbonyl (C=O) groups excluding carboxylic acids is 3. The molecule has 2 rings (SSSR count). The molecule has 0 fully saturated rings. The molecule has 0 bridgehead atoms. The van der Waals surface area contributed by atoms with Crippen LogP contribution in [-0.4, -0.2) is 42.6 Å². The van der Waals surface area contributed by atoms with Crippen molar-refractivity contribution in [2.24, 2.45) is 0 Å². The zero-order valence-electron chi connectivity index (χ0n) is 15.0. The third-order valence-corrected chi connectivity index (χ3v) is 3.87. The van der Waals surface area contributed by atoms with E-state index in [0.717, 1.165) is 5.56 Å². The van der Waals surface area contributed by atoms with E-state index in [1.807, 2.05) is 6.07 Å². The number of methoxy groups -OCH3 is 1. The minimum absolute atomic E-state index is 0.0294. The molecular weight excluding hydrogens is 348 g/mol. The van der Waals surface area contributed by atoms with Gasteiger partial charge in [0, 0.05) is 24.9 Å². The number of ether oxygens (including phenoxy) is 1. The molecular formula is C20H22N2O5. The van der Waals surface area contributed by atoms with Crippen LogP contribution >= 0.6 is 0 Å². The predicted molar refractivity (Wildman–Crippen MR) is 99.1 cm³/mol. The second-order valence-electron chi connectivity index (χ2n) is 5.89. The number of hydrogen-bond acceptors (Lipinski definition) is 5. The van der Waals surface area contributed by atoms with Crippen molar-refractivity contribution in [2.75, 3.05) is 13.7 Å². The van der Waals surface area contributed by atoms with Crippen LogP contribution in [0, 0.1) is 0 Å². The van der Waals surface area contributed by atoms with Gasteiger partial charge >= 0.3 is 5.97 Å². The molecule has 2 aromatic rings. The first-order chi connectivity index (χ1) is 13.0. The van der Waals surface area contributed by atoms with Crippen LogP contribution in [0.1, 0.15) is 22.3 Å². The standard InChI is InChI=1S/C20H22N2O5/c1-27-20(26)17(13-14-7-9-16(23)10-8-14)22-18(24)11-12-21-19(25)15-5-3-2-4-6-15/h2-10,17,23H,11-13H2,1H3,(H,21,25)(H,22,24). The summed E-state index contributed by atoms with van der Waals surface area (Å²) in [6.45, 7) is 0.145. The molecule has 2 aromatic carbocycles. The number of esters is 1. The van der Waals surface area contributed by atoms with Crippen molar-refractivity contribution in [3.05, 3.63) is 65.7 Å². The summed E-state index contributed by atoms with van der Waals surface area (Å²) in [7, 11) is 1.25. The normalized spacial score (nSPS) is 11.3. The van der Waals surface area contributed by atoms with E-state index >= 15 is 0 Å². The molecule has 0 aromatic heterocycles. The number of hydrogen-bond donors (Lipinski definition) is 3. The number of phenols is 1. The van der Waals surface area contributed by atoms with Gasteiger partial charge in [-0.2, -0.15) is 0 Å². The Morgan fingerprint density at radius 2 is 1.70 bits per heavy atom. The van der Waals surface area contributed by atoms with Crippen molar-refractivity contribution in [3.63, 3.8) is 0 Å². The molecule has 2 amide bonds. The molecule has 7 heteroatoms. The van der Waals surface area contributed by atoms with Gasteiger partial charge in [0.05, 0.1) is 7.11 Å². The molecule has 0 radical (unpaired) electrons. The van der Waals surface area contributed by atoms with E-state index in [1.165, 1.54) is 19.2 Å². The highest BCUT2D eigenvalue weighted by molar-refractivity contribution is 5.94. The van der Waals surface area contributed by atoms with Gasteiger partial charge in [0.25, 0.3) is 5.91 Å². The van der Waals surface area contributed by atoms with E-state index in [2.05, 4.69) is 10.6 Å². The zero-order valence-corrected chi connectivity index (χ0v) is 15.0. The molecule has 0 aliphatic rings. The molecule has 142 valence electrons. The van der Waals surface area contributed by atoms with Crippen LogP contribution in [0.3, 0.4) is 0 Å². The Labute approximate surface area is 157 Å². The van der Waals surface area contributed by atoms with E-state index in [0.29, 0.717) is 5.56 Å². The molecule has 1 unspecified atom stereocenters. The second-order valence-corrected chi connectivity index (χ2v) is 5.89. The van der Waals surface area contributed by atoms with Crippen LogP contribution in [0.5, 0.6) is 5.75 Å². The summed E-state index contributed by atoms with van der Waals surface area (Å²) in [5.41, 5.74) is 1.28. The summed E-state index contributed by atoms with van der Waals surface area (Å²) in [5.74, 6) is -1.09. The molecule has 0 aliphatic carbocycles. The van der Waals surface area contributed by atoms with Crippen LogP contribution in [0.15, 0.2) is 54.6 Å². The Bertz CT molecular complexity index is 775. The van der Waals surface area contributed by atoms with Crippen LogP contribution < -0.4 is 10.6 Å². The largest absolute Gasteiger partial charge is 0.508 e. The van der Waals surface area contributed by atoms with E-state index < -0.39 is 12.0 Å². The van der Waals surface area contributed by atoms with Crippen molar-refractivity contribution in [3.8, 4) is 5.75 Å². The number of nitrogens with one attached hydrogen (secondary N) is 2. The minimum Gasteiger partial charge on any atom is -0.508 e. The summed E-state index contributed by atoms with van der Waals surface area (Å²) in [5, 5.41) is 14.6. The summed E-state index contributed by atoms with van der Waals surface area (Å²) in [4.78, 5) is 36.0. The Balaban J connectivity index is 1.85. The molecule has 0 saturated heterocycles. The van der Waals surface area contributed by atoms with Crippen molar-refractivity contribution >= 4 is 17.8 Å². The summed E-state index contributed by atoms with van der Waals surface area (Å²) >= 11 is 0. The molecule has 7 nitrogen and oxygen atoms in total. The Morgan fingerprint density at radius 1 is 1.04 bits per heavy atom. The maximum absolute atomic E-state index is 12.1. The third-order valence-electron chi connectivity index (χ3n) is 3.87. The molecule has 27 heavy (non-hydrogen) atoms. The summed E-state index contributed by atoms with van der Waals surface area (Å²) < 4.78 is 4.74. The fourth-order valence-corrected chi connectivity index (χ4v) is 2.45. The number of aromatic hydroxyl groups is 1. The number of benzene rings is 2. The molecule has 0 spiro atoms. The molecule has 0 aliphatic heterocycles. The van der Waals surface area contributed by atoms with Crippen molar-refractivity contribution in [2.45, 2.75) is 18.9 Å². The number of amides is 2. The lowest BCUT2D eigenvalue weighted by Gasteiger charge is -2.17. The van der Waals surface area contributed by atoms with E-state index in [4.69, 9.17) is 4.74 Å². The lowest BCUT2D eigenvalue weighted by atomic mass is 10.1. The first-order valence-electron chi connectivity index (χ1n) is 8.48. The SMILES string of the molecule is COC(=O)C(Cc1ccc(O)cc1)NC(=O)CCNC(=O)c1ccccc1. The lowest BCUT2D eigenvalue weighted by Crippen LogP contribution is -2.44. The van der Waals surface area contributed by atoms with Crippen LogP contribution in [0.2, 0.25) is 0 Å². The zero-order chi connectivity index (χ0) is 19.6. The number of phenolic OH excluding ortho intramolecular Hbond substituents is 1. The smallest absolute Gasteiger partial charge is 0.328 e. The van der Waals surface area contributed by atoms with Gasteiger partial charge < -0.3 is 20.5 Å². The van der Waals surface area contributed by atoms with Crippen LogP contribution in [0.25, 0.3) is 0 Å². The first kappa shape index (κ1) is 20.0. The topological polar surface area (TPSA) is 105 Å². The lowest BCUT2D eigenvalue weighted by molar-refractivity contribution is -0.145.